The van der Waals surface area contributed by atoms with Crippen molar-refractivity contribution >= 4 is 17.5 Å². The number of halogens is 3. The van der Waals surface area contributed by atoms with Gasteiger partial charge in [-0.3, -0.25) is 0 Å². The van der Waals surface area contributed by atoms with E-state index in [2.05, 4.69) is 20.4 Å². The predicted octanol–water partition coefficient (Wildman–Crippen LogP) is 2.13. The molecule has 4 heterocycles. The van der Waals surface area contributed by atoms with Crippen LogP contribution in [0.15, 0.2) is 30.7 Å². The first-order valence-corrected chi connectivity index (χ1v) is 9.99. The third-order valence-corrected chi connectivity index (χ3v) is 5.29. The van der Waals surface area contributed by atoms with Crippen molar-refractivity contribution in [2.45, 2.75) is 44.4 Å². The Morgan fingerprint density at radius 1 is 1.29 bits per heavy atom. The second kappa shape index (κ2) is 8.53. The molecule has 1 unspecified atom stereocenters. The van der Waals surface area contributed by atoms with Gasteiger partial charge in [-0.1, -0.05) is 0 Å². The van der Waals surface area contributed by atoms with E-state index in [-0.39, 0.29) is 36.7 Å². The molecule has 3 aromatic heterocycles. The van der Waals surface area contributed by atoms with E-state index in [1.54, 1.807) is 12.1 Å². The highest BCUT2D eigenvalue weighted by Gasteiger charge is 2.36. The first-order chi connectivity index (χ1) is 14.9. The van der Waals surface area contributed by atoms with Crippen molar-refractivity contribution in [3.63, 3.8) is 0 Å². The number of aliphatic hydroxyl groups is 1. The van der Waals surface area contributed by atoms with Crippen LogP contribution in [0.25, 0.3) is 5.65 Å². The molecule has 9 nitrogen and oxygen atoms in total. The first kappa shape index (κ1) is 21.1. The van der Waals surface area contributed by atoms with Gasteiger partial charge < -0.3 is 20.5 Å². The smallest absolute Gasteiger partial charge is 0.421 e. The molecule has 3 aromatic rings. The normalized spacial score (nSPS) is 17.3. The zero-order valence-electron chi connectivity index (χ0n) is 16.6. The summed E-state index contributed by atoms with van der Waals surface area (Å²) in [6.07, 6.45) is 1.92. The Kier molecular flexibility index (Phi) is 5.81. The number of aliphatic hydroxyl groups excluding tert-OH is 1. The number of fused-ring (bicyclic) bond motifs is 1. The predicted molar refractivity (Wildman–Crippen MR) is 105 cm³/mol. The summed E-state index contributed by atoms with van der Waals surface area (Å²) in [4.78, 5) is 10.5. The van der Waals surface area contributed by atoms with Gasteiger partial charge in [0.15, 0.2) is 18.0 Å². The van der Waals surface area contributed by atoms with Crippen molar-refractivity contribution in [2.75, 3.05) is 23.4 Å². The van der Waals surface area contributed by atoms with Crippen LogP contribution in [-0.2, 0) is 12.7 Å². The molecule has 166 valence electrons. The van der Waals surface area contributed by atoms with Crippen molar-refractivity contribution in [2.24, 2.45) is 0 Å². The Bertz CT molecular complexity index is 1050. The topological polar surface area (TPSA) is 106 Å². The molecule has 0 spiro atoms. The van der Waals surface area contributed by atoms with Gasteiger partial charge in [-0.05, 0) is 31.7 Å². The molecule has 1 atom stereocenters. The lowest BCUT2D eigenvalue weighted by atomic mass is 10.0. The van der Waals surface area contributed by atoms with E-state index in [0.29, 0.717) is 23.3 Å². The van der Waals surface area contributed by atoms with Crippen LogP contribution in [0.3, 0.4) is 0 Å². The quantitative estimate of drug-likeness (QED) is 0.450. The summed E-state index contributed by atoms with van der Waals surface area (Å²) in [5.41, 5.74) is -0.669. The average Bonchev–Trinajstić information content (AvgIpc) is 3.17. The Morgan fingerprint density at radius 2 is 2.13 bits per heavy atom. The lowest BCUT2D eigenvalue weighted by Gasteiger charge is -2.35. The highest BCUT2D eigenvalue weighted by atomic mass is 19.4. The Morgan fingerprint density at radius 3 is 2.87 bits per heavy atom. The monoisotopic (exact) mass is 437 g/mol. The second-order valence-electron chi connectivity index (χ2n) is 7.42. The summed E-state index contributed by atoms with van der Waals surface area (Å²) < 4.78 is 42.3. The van der Waals surface area contributed by atoms with Crippen molar-refractivity contribution in [3.05, 3.63) is 47.1 Å². The number of rotatable bonds is 6. The minimum absolute atomic E-state index is 0.0296. The average molecular weight is 437 g/mol. The number of piperidine rings is 1. The van der Waals surface area contributed by atoms with E-state index in [1.165, 1.54) is 12.4 Å². The van der Waals surface area contributed by atoms with E-state index >= 15 is 0 Å². The van der Waals surface area contributed by atoms with Gasteiger partial charge in [-0.2, -0.15) is 37.5 Å². The molecule has 4 rings (SSSR count). The van der Waals surface area contributed by atoms with Crippen LogP contribution < -0.4 is 14.9 Å². The molecule has 0 radical (unpaired) electrons. The largest absolute Gasteiger partial charge is 0.619 e. The maximum atomic E-state index is 13.5. The summed E-state index contributed by atoms with van der Waals surface area (Å²) in [5, 5.41) is 27.7. The van der Waals surface area contributed by atoms with Crippen LogP contribution in [0, 0.1) is 5.21 Å². The molecule has 0 saturated carbocycles. The SMILES string of the molecule is [O-][n+]1cccc(CNc2nc(N3CCCCC3CCO)nc3c(C(F)(F)F)cnn23)c1. The van der Waals surface area contributed by atoms with Crippen LogP contribution >= 0.6 is 0 Å². The van der Waals surface area contributed by atoms with Crippen molar-refractivity contribution < 1.29 is 23.0 Å². The summed E-state index contributed by atoms with van der Waals surface area (Å²) in [6, 6.07) is 3.24. The number of hydrogen-bond acceptors (Lipinski definition) is 7. The summed E-state index contributed by atoms with van der Waals surface area (Å²) in [7, 11) is 0. The Balaban J connectivity index is 1.75. The van der Waals surface area contributed by atoms with Crippen LogP contribution in [0.4, 0.5) is 25.1 Å². The van der Waals surface area contributed by atoms with Gasteiger partial charge in [0.05, 0.1) is 6.20 Å². The minimum Gasteiger partial charge on any atom is -0.619 e. The highest BCUT2D eigenvalue weighted by Crippen LogP contribution is 2.34. The third kappa shape index (κ3) is 4.48. The van der Waals surface area contributed by atoms with Gasteiger partial charge in [-0.25, -0.2) is 0 Å². The standard InChI is InChI=1S/C19H22F3N7O2/c20-19(21,22)15-11-24-29-16(15)25-18(28-8-2-1-5-14(28)6-9-30)26-17(29)23-10-13-4-3-7-27(31)12-13/h3-4,7,11-12,14,30H,1-2,5-6,8-10H2,(H,23,25,26). The number of nitrogens with one attached hydrogen (secondary N) is 1. The molecule has 1 fully saturated rings. The molecule has 0 bridgehead atoms. The lowest BCUT2D eigenvalue weighted by Crippen LogP contribution is -2.41. The number of hydrogen-bond donors (Lipinski definition) is 2. The van der Waals surface area contributed by atoms with Crippen LogP contribution in [0.2, 0.25) is 0 Å². The second-order valence-corrected chi connectivity index (χ2v) is 7.42. The molecule has 1 aliphatic heterocycles. The zero-order valence-corrected chi connectivity index (χ0v) is 16.6. The molecule has 31 heavy (non-hydrogen) atoms. The summed E-state index contributed by atoms with van der Waals surface area (Å²) in [6.45, 7) is 0.721. The fourth-order valence-electron chi connectivity index (χ4n) is 3.81. The maximum absolute atomic E-state index is 13.5. The molecule has 0 aromatic carbocycles. The van der Waals surface area contributed by atoms with Gasteiger partial charge in [0, 0.05) is 37.4 Å². The van der Waals surface area contributed by atoms with E-state index in [1.807, 2.05) is 4.90 Å². The molecule has 2 N–H and O–H groups in total. The number of alkyl halides is 3. The van der Waals surface area contributed by atoms with Crippen molar-refractivity contribution in [3.8, 4) is 0 Å². The van der Waals surface area contributed by atoms with E-state index in [9.17, 15) is 23.5 Å². The van der Waals surface area contributed by atoms with Gasteiger partial charge in [-0.15, -0.1) is 0 Å². The third-order valence-electron chi connectivity index (χ3n) is 5.29. The molecular formula is C19H22F3N7O2. The van der Waals surface area contributed by atoms with Gasteiger partial charge in [0.1, 0.15) is 5.56 Å². The maximum Gasteiger partial charge on any atom is 0.421 e. The minimum atomic E-state index is -4.62. The molecular weight excluding hydrogens is 415 g/mol. The van der Waals surface area contributed by atoms with Crippen LogP contribution in [0.5, 0.6) is 0 Å². The van der Waals surface area contributed by atoms with Crippen LogP contribution in [-0.4, -0.2) is 43.9 Å². The van der Waals surface area contributed by atoms with Crippen molar-refractivity contribution in [1.82, 2.24) is 19.6 Å². The molecule has 0 amide bonds. The van der Waals surface area contributed by atoms with Crippen molar-refractivity contribution in [1.29, 1.82) is 0 Å². The fraction of sp³-hybridized carbons (Fsp3) is 0.474. The van der Waals surface area contributed by atoms with E-state index < -0.39 is 11.7 Å². The Labute approximate surface area is 175 Å². The fourth-order valence-corrected chi connectivity index (χ4v) is 3.81. The first-order valence-electron chi connectivity index (χ1n) is 9.99. The molecule has 1 aliphatic rings. The molecule has 12 heteroatoms. The Hall–Kier alpha value is -3.15. The van der Waals surface area contributed by atoms with Gasteiger partial charge in [0.2, 0.25) is 11.9 Å². The number of nitrogens with zero attached hydrogens (tertiary/aromatic N) is 6. The summed E-state index contributed by atoms with van der Waals surface area (Å²) >= 11 is 0. The van der Waals surface area contributed by atoms with E-state index in [0.717, 1.165) is 30.0 Å². The lowest BCUT2D eigenvalue weighted by molar-refractivity contribution is -0.605. The van der Waals surface area contributed by atoms with Crippen LogP contribution in [0.1, 0.15) is 36.8 Å². The highest BCUT2D eigenvalue weighted by molar-refractivity contribution is 5.56. The summed E-state index contributed by atoms with van der Waals surface area (Å²) in [5.74, 6) is 0.247. The number of aromatic nitrogens is 5. The molecule has 1 saturated heterocycles. The number of pyridine rings is 1. The van der Waals surface area contributed by atoms with E-state index in [4.69, 9.17) is 0 Å². The zero-order chi connectivity index (χ0) is 22.0. The molecule has 0 aliphatic carbocycles. The van der Waals surface area contributed by atoms with Gasteiger partial charge in [0.25, 0.3) is 0 Å². The van der Waals surface area contributed by atoms with Gasteiger partial charge >= 0.3 is 6.18 Å². The number of anilines is 2.